The molecule has 0 saturated carbocycles. The molecule has 1 atom stereocenters. The Balaban J connectivity index is 1.86. The van der Waals surface area contributed by atoms with E-state index in [0.717, 1.165) is 0 Å². The van der Waals surface area contributed by atoms with Crippen LogP contribution in [0.1, 0.15) is 15.9 Å². The quantitative estimate of drug-likeness (QED) is 0.721. The third-order valence-electron chi connectivity index (χ3n) is 4.25. The van der Waals surface area contributed by atoms with Gasteiger partial charge in [-0.3, -0.25) is 4.79 Å². The molecule has 3 rings (SSSR count). The van der Waals surface area contributed by atoms with E-state index in [1.54, 1.807) is 24.3 Å². The zero-order valence-corrected chi connectivity index (χ0v) is 15.3. The lowest BCUT2D eigenvalue weighted by atomic mass is 9.99. The highest BCUT2D eigenvalue weighted by molar-refractivity contribution is 5.95. The molecule has 0 saturated heterocycles. The van der Waals surface area contributed by atoms with Crippen LogP contribution in [0.15, 0.2) is 36.4 Å². The fraction of sp³-hybridized carbons (Fsp3) is 0.300. The molecule has 1 aliphatic rings. The Kier molecular flexibility index (Phi) is 5.49. The van der Waals surface area contributed by atoms with Crippen LogP contribution in [0, 0.1) is 0 Å². The Morgan fingerprint density at radius 2 is 1.70 bits per heavy atom. The Morgan fingerprint density at radius 3 is 2.37 bits per heavy atom. The molecule has 0 fully saturated rings. The van der Waals surface area contributed by atoms with E-state index in [9.17, 15) is 9.59 Å². The number of ketones is 1. The molecule has 2 aromatic rings. The fourth-order valence-corrected chi connectivity index (χ4v) is 2.85. The fourth-order valence-electron chi connectivity index (χ4n) is 2.85. The Morgan fingerprint density at radius 1 is 1.04 bits per heavy atom. The summed E-state index contributed by atoms with van der Waals surface area (Å²) in [6.07, 6.45) is -0.806. The van der Waals surface area contributed by atoms with Crippen molar-refractivity contribution >= 4 is 11.8 Å². The number of para-hydroxylation sites is 2. The summed E-state index contributed by atoms with van der Waals surface area (Å²) in [6, 6.07) is 10.3. The minimum atomic E-state index is -0.765. The van der Waals surface area contributed by atoms with E-state index in [-0.39, 0.29) is 24.4 Å². The summed E-state index contributed by atoms with van der Waals surface area (Å²) in [5.74, 6) is 1.12. The van der Waals surface area contributed by atoms with Gasteiger partial charge in [0.2, 0.25) is 0 Å². The van der Waals surface area contributed by atoms with Gasteiger partial charge in [0.15, 0.2) is 34.9 Å². The standard InChI is InChI=1S/C20H20O7/c1-23-17-9-12(13(20(22)25-3)10-18(17)24-2)8-14(21)19-11-26-15-6-4-5-7-16(15)27-19/h4-7,9-10,19H,8,11H2,1-3H3. The molecule has 142 valence electrons. The van der Waals surface area contributed by atoms with Crippen LogP contribution in [-0.4, -0.2) is 45.8 Å². The Hall–Kier alpha value is -3.22. The van der Waals surface area contributed by atoms with Crippen molar-refractivity contribution in [3.8, 4) is 23.0 Å². The average molecular weight is 372 g/mol. The van der Waals surface area contributed by atoms with Gasteiger partial charge in [0.05, 0.1) is 26.9 Å². The van der Waals surface area contributed by atoms with Gasteiger partial charge in [-0.1, -0.05) is 12.1 Å². The summed E-state index contributed by atoms with van der Waals surface area (Å²) in [4.78, 5) is 24.9. The molecule has 27 heavy (non-hydrogen) atoms. The molecule has 0 spiro atoms. The number of benzene rings is 2. The zero-order valence-electron chi connectivity index (χ0n) is 15.3. The van der Waals surface area contributed by atoms with E-state index in [1.165, 1.54) is 27.4 Å². The van der Waals surface area contributed by atoms with Gasteiger partial charge in [0.1, 0.15) is 6.61 Å². The number of rotatable bonds is 6. The third-order valence-corrected chi connectivity index (χ3v) is 4.25. The van der Waals surface area contributed by atoms with Gasteiger partial charge in [-0.15, -0.1) is 0 Å². The van der Waals surface area contributed by atoms with Crippen LogP contribution in [-0.2, 0) is 16.0 Å². The van der Waals surface area contributed by atoms with Crippen LogP contribution in [0.4, 0.5) is 0 Å². The second-order valence-corrected chi connectivity index (χ2v) is 5.86. The number of carbonyl (C=O) groups is 2. The van der Waals surface area contributed by atoms with E-state index in [0.29, 0.717) is 28.6 Å². The lowest BCUT2D eigenvalue weighted by molar-refractivity contribution is -0.127. The van der Waals surface area contributed by atoms with Gasteiger partial charge in [0, 0.05) is 6.42 Å². The molecule has 1 aliphatic heterocycles. The summed E-state index contributed by atoms with van der Waals surface area (Å²) >= 11 is 0. The van der Waals surface area contributed by atoms with Gasteiger partial charge in [-0.05, 0) is 29.8 Å². The number of esters is 1. The molecule has 0 N–H and O–H groups in total. The van der Waals surface area contributed by atoms with Crippen LogP contribution in [0.25, 0.3) is 0 Å². The molecular weight excluding hydrogens is 352 g/mol. The van der Waals surface area contributed by atoms with E-state index >= 15 is 0 Å². The maximum Gasteiger partial charge on any atom is 0.338 e. The maximum absolute atomic E-state index is 12.8. The van der Waals surface area contributed by atoms with Crippen molar-refractivity contribution in [2.75, 3.05) is 27.9 Å². The number of methoxy groups -OCH3 is 3. The summed E-state index contributed by atoms with van der Waals surface area (Å²) in [5, 5.41) is 0. The number of Topliss-reactive ketones (excluding diaryl/α,β-unsaturated/α-hetero) is 1. The lowest BCUT2D eigenvalue weighted by Gasteiger charge is -2.25. The predicted octanol–water partition coefficient (Wildman–Crippen LogP) is 2.44. The molecule has 1 heterocycles. The smallest absolute Gasteiger partial charge is 0.338 e. The Labute approximate surface area is 156 Å². The molecule has 2 aromatic carbocycles. The molecule has 0 radical (unpaired) electrons. The molecule has 0 aromatic heterocycles. The van der Waals surface area contributed by atoms with E-state index in [4.69, 9.17) is 23.7 Å². The molecular formula is C20H20O7. The van der Waals surface area contributed by atoms with E-state index in [1.807, 2.05) is 6.07 Å². The second kappa shape index (κ2) is 7.99. The minimum Gasteiger partial charge on any atom is -0.493 e. The van der Waals surface area contributed by atoms with Gasteiger partial charge < -0.3 is 23.7 Å². The maximum atomic E-state index is 12.8. The van der Waals surface area contributed by atoms with Crippen LogP contribution >= 0.6 is 0 Å². The number of fused-ring (bicyclic) bond motifs is 1. The second-order valence-electron chi connectivity index (χ2n) is 5.86. The van der Waals surface area contributed by atoms with Crippen LogP contribution in [0.3, 0.4) is 0 Å². The van der Waals surface area contributed by atoms with Gasteiger partial charge >= 0.3 is 5.97 Å². The van der Waals surface area contributed by atoms with Crippen molar-refractivity contribution in [1.82, 2.24) is 0 Å². The van der Waals surface area contributed by atoms with Crippen molar-refractivity contribution in [3.63, 3.8) is 0 Å². The minimum absolute atomic E-state index is 0.0407. The van der Waals surface area contributed by atoms with Crippen LogP contribution < -0.4 is 18.9 Å². The first kappa shape index (κ1) is 18.6. The molecule has 0 amide bonds. The van der Waals surface area contributed by atoms with Crippen LogP contribution in [0.5, 0.6) is 23.0 Å². The van der Waals surface area contributed by atoms with Gasteiger partial charge in [-0.2, -0.15) is 0 Å². The normalized spacial score (nSPS) is 15.0. The highest BCUT2D eigenvalue weighted by Crippen LogP contribution is 2.33. The topological polar surface area (TPSA) is 80.3 Å². The molecule has 0 aliphatic carbocycles. The van der Waals surface area contributed by atoms with Crippen molar-refractivity contribution in [1.29, 1.82) is 0 Å². The highest BCUT2D eigenvalue weighted by atomic mass is 16.6. The van der Waals surface area contributed by atoms with Gasteiger partial charge in [-0.25, -0.2) is 4.79 Å². The largest absolute Gasteiger partial charge is 0.493 e. The van der Waals surface area contributed by atoms with Crippen molar-refractivity contribution in [2.24, 2.45) is 0 Å². The first-order chi connectivity index (χ1) is 13.1. The number of ether oxygens (including phenoxy) is 5. The zero-order chi connectivity index (χ0) is 19.4. The highest BCUT2D eigenvalue weighted by Gasteiger charge is 2.29. The molecule has 7 nitrogen and oxygen atoms in total. The average Bonchev–Trinajstić information content (AvgIpc) is 2.72. The Bertz CT molecular complexity index is 859. The van der Waals surface area contributed by atoms with E-state index < -0.39 is 12.1 Å². The monoisotopic (exact) mass is 372 g/mol. The summed E-state index contributed by atoms with van der Waals surface area (Å²) < 4.78 is 26.7. The van der Waals surface area contributed by atoms with Crippen molar-refractivity contribution in [3.05, 3.63) is 47.5 Å². The summed E-state index contributed by atoms with van der Waals surface area (Å²) in [6.45, 7) is 0.108. The number of hydrogen-bond donors (Lipinski definition) is 0. The van der Waals surface area contributed by atoms with Crippen molar-refractivity contribution in [2.45, 2.75) is 12.5 Å². The first-order valence-corrected chi connectivity index (χ1v) is 8.31. The first-order valence-electron chi connectivity index (χ1n) is 8.31. The SMILES string of the molecule is COC(=O)c1cc(OC)c(OC)cc1CC(=O)C1COc2ccccc2O1. The lowest BCUT2D eigenvalue weighted by Crippen LogP contribution is -2.37. The summed E-state index contributed by atoms with van der Waals surface area (Å²) in [7, 11) is 4.23. The molecule has 1 unspecified atom stereocenters. The van der Waals surface area contributed by atoms with Crippen molar-refractivity contribution < 1.29 is 33.3 Å². The molecule has 0 bridgehead atoms. The predicted molar refractivity (Wildman–Crippen MR) is 95.9 cm³/mol. The molecule has 7 heteroatoms. The third kappa shape index (κ3) is 3.81. The number of carbonyl (C=O) groups excluding carboxylic acids is 2. The summed E-state index contributed by atoms with van der Waals surface area (Å²) in [5.41, 5.74) is 0.701. The van der Waals surface area contributed by atoms with Gasteiger partial charge in [0.25, 0.3) is 0 Å². The van der Waals surface area contributed by atoms with E-state index in [2.05, 4.69) is 0 Å². The number of hydrogen-bond acceptors (Lipinski definition) is 7. The van der Waals surface area contributed by atoms with Crippen LogP contribution in [0.2, 0.25) is 0 Å².